The van der Waals surface area contributed by atoms with Crippen molar-refractivity contribution in [1.82, 2.24) is 9.88 Å². The van der Waals surface area contributed by atoms with E-state index < -0.39 is 0 Å². The second kappa shape index (κ2) is 4.11. The van der Waals surface area contributed by atoms with E-state index in [-0.39, 0.29) is 6.04 Å². The highest BCUT2D eigenvalue weighted by molar-refractivity contribution is 4.97. The van der Waals surface area contributed by atoms with Crippen molar-refractivity contribution in [2.45, 2.75) is 19.9 Å². The molecule has 0 fully saturated rings. The van der Waals surface area contributed by atoms with Gasteiger partial charge in [0, 0.05) is 0 Å². The highest BCUT2D eigenvalue weighted by Crippen LogP contribution is 2.17. The number of oxazole rings is 1. The van der Waals surface area contributed by atoms with Gasteiger partial charge in [0.25, 0.3) is 0 Å². The van der Waals surface area contributed by atoms with Crippen LogP contribution in [0.15, 0.2) is 10.6 Å². The van der Waals surface area contributed by atoms with Crippen molar-refractivity contribution >= 4 is 0 Å². The van der Waals surface area contributed by atoms with E-state index in [1.54, 1.807) is 6.20 Å². The van der Waals surface area contributed by atoms with Gasteiger partial charge in [0.2, 0.25) is 5.89 Å². The van der Waals surface area contributed by atoms with Crippen molar-refractivity contribution < 1.29 is 4.42 Å². The number of aromatic nitrogens is 1. The summed E-state index contributed by atoms with van der Waals surface area (Å²) in [5.74, 6) is 4.13. The van der Waals surface area contributed by atoms with Crippen LogP contribution >= 0.6 is 0 Å². The molecule has 1 aromatic heterocycles. The third kappa shape index (κ3) is 2.33. The number of nitrogens with zero attached hydrogens (tertiary/aromatic N) is 2. The van der Waals surface area contributed by atoms with Crippen LogP contribution in [0.25, 0.3) is 0 Å². The predicted molar refractivity (Wildman–Crippen MR) is 51.1 cm³/mol. The van der Waals surface area contributed by atoms with E-state index in [1.165, 1.54) is 0 Å². The van der Waals surface area contributed by atoms with Crippen LogP contribution in [-0.2, 0) is 0 Å². The van der Waals surface area contributed by atoms with Gasteiger partial charge in [0.15, 0.2) is 0 Å². The van der Waals surface area contributed by atoms with Crippen molar-refractivity contribution in [3.63, 3.8) is 0 Å². The summed E-state index contributed by atoms with van der Waals surface area (Å²) in [6, 6.07) is 0.129. The third-order valence-corrected chi connectivity index (χ3v) is 2.00. The van der Waals surface area contributed by atoms with E-state index in [2.05, 4.69) is 10.9 Å². The average molecular weight is 178 g/mol. The first-order chi connectivity index (χ1) is 6.15. The summed E-state index contributed by atoms with van der Waals surface area (Å²) in [7, 11) is 1.95. The van der Waals surface area contributed by atoms with Gasteiger partial charge in [-0.15, -0.1) is 6.42 Å². The fraction of sp³-hybridized carbons (Fsp3) is 0.500. The zero-order valence-electron chi connectivity index (χ0n) is 8.24. The lowest BCUT2D eigenvalue weighted by atomic mass is 10.3. The first-order valence-electron chi connectivity index (χ1n) is 4.21. The van der Waals surface area contributed by atoms with Crippen molar-refractivity contribution in [2.75, 3.05) is 13.6 Å². The molecule has 1 unspecified atom stereocenters. The van der Waals surface area contributed by atoms with Crippen LogP contribution in [0.1, 0.15) is 24.6 Å². The zero-order chi connectivity index (χ0) is 9.84. The van der Waals surface area contributed by atoms with Gasteiger partial charge in [-0.1, -0.05) is 5.92 Å². The van der Waals surface area contributed by atoms with Gasteiger partial charge in [0.05, 0.1) is 18.8 Å². The molecular formula is C10H14N2O. The first kappa shape index (κ1) is 9.82. The maximum atomic E-state index is 5.39. The summed E-state index contributed by atoms with van der Waals surface area (Å²) in [6.07, 6.45) is 6.93. The van der Waals surface area contributed by atoms with Gasteiger partial charge < -0.3 is 4.42 Å². The van der Waals surface area contributed by atoms with Crippen LogP contribution in [0.5, 0.6) is 0 Å². The van der Waals surface area contributed by atoms with E-state index in [9.17, 15) is 0 Å². The second-order valence-electron chi connectivity index (χ2n) is 3.10. The molecule has 3 nitrogen and oxygen atoms in total. The molecule has 1 heterocycles. The molecule has 0 saturated heterocycles. The Balaban J connectivity index is 2.68. The molecule has 70 valence electrons. The number of hydrogen-bond acceptors (Lipinski definition) is 3. The molecule has 0 amide bonds. The molecule has 1 atom stereocenters. The highest BCUT2D eigenvalue weighted by atomic mass is 16.4. The maximum absolute atomic E-state index is 5.39. The molecule has 1 aromatic rings. The lowest BCUT2D eigenvalue weighted by molar-refractivity contribution is 0.246. The smallest absolute Gasteiger partial charge is 0.211 e. The summed E-state index contributed by atoms with van der Waals surface area (Å²) < 4.78 is 5.39. The van der Waals surface area contributed by atoms with E-state index in [0.29, 0.717) is 6.54 Å². The minimum Gasteiger partial charge on any atom is -0.444 e. The minimum atomic E-state index is 0.129. The summed E-state index contributed by atoms with van der Waals surface area (Å²) in [6.45, 7) is 4.50. The van der Waals surface area contributed by atoms with Crippen LogP contribution in [-0.4, -0.2) is 23.5 Å². The lowest BCUT2D eigenvalue weighted by Crippen LogP contribution is -2.22. The van der Waals surface area contributed by atoms with Crippen molar-refractivity contribution in [3.05, 3.63) is 17.8 Å². The predicted octanol–water partition coefficient (Wildman–Crippen LogP) is 1.61. The standard InChI is InChI=1S/C10H14N2O/c1-5-6-12(4)9(3)10-11-7-8(2)13-10/h1,7,9H,6H2,2-4H3. The Morgan fingerprint density at radius 2 is 2.46 bits per heavy atom. The Kier molecular flexibility index (Phi) is 3.10. The normalized spacial score (nSPS) is 12.8. The Morgan fingerprint density at radius 3 is 2.92 bits per heavy atom. The molecule has 0 aromatic carbocycles. The zero-order valence-corrected chi connectivity index (χ0v) is 8.24. The van der Waals surface area contributed by atoms with Gasteiger partial charge >= 0.3 is 0 Å². The number of terminal acetylenes is 1. The number of rotatable bonds is 3. The monoisotopic (exact) mass is 178 g/mol. The quantitative estimate of drug-likeness (QED) is 0.658. The molecule has 0 saturated carbocycles. The topological polar surface area (TPSA) is 29.3 Å². The molecule has 0 aliphatic heterocycles. The summed E-state index contributed by atoms with van der Waals surface area (Å²) in [5, 5.41) is 0. The summed E-state index contributed by atoms with van der Waals surface area (Å²) in [4.78, 5) is 6.15. The van der Waals surface area contributed by atoms with Crippen molar-refractivity contribution in [2.24, 2.45) is 0 Å². The summed E-state index contributed by atoms with van der Waals surface area (Å²) in [5.41, 5.74) is 0. The maximum Gasteiger partial charge on any atom is 0.211 e. The molecule has 13 heavy (non-hydrogen) atoms. The van der Waals surface area contributed by atoms with Gasteiger partial charge in [-0.3, -0.25) is 4.90 Å². The molecule has 0 spiro atoms. The van der Waals surface area contributed by atoms with Crippen LogP contribution in [0.3, 0.4) is 0 Å². The third-order valence-electron chi connectivity index (χ3n) is 2.00. The van der Waals surface area contributed by atoms with Crippen molar-refractivity contribution in [3.8, 4) is 12.3 Å². The Hall–Kier alpha value is -1.27. The SMILES string of the molecule is C#CCN(C)C(C)c1ncc(C)o1. The Morgan fingerprint density at radius 1 is 1.77 bits per heavy atom. The van der Waals surface area contributed by atoms with Gasteiger partial charge in [0.1, 0.15) is 5.76 Å². The Labute approximate surface area is 78.8 Å². The largest absolute Gasteiger partial charge is 0.444 e. The fourth-order valence-electron chi connectivity index (χ4n) is 1.03. The molecule has 0 aliphatic rings. The molecule has 1 rings (SSSR count). The number of aryl methyl sites for hydroxylation is 1. The van der Waals surface area contributed by atoms with Crippen LogP contribution in [0.2, 0.25) is 0 Å². The van der Waals surface area contributed by atoms with Crippen LogP contribution in [0.4, 0.5) is 0 Å². The van der Waals surface area contributed by atoms with Crippen LogP contribution < -0.4 is 0 Å². The summed E-state index contributed by atoms with van der Waals surface area (Å²) >= 11 is 0. The second-order valence-corrected chi connectivity index (χ2v) is 3.10. The van der Waals surface area contributed by atoms with E-state index >= 15 is 0 Å². The highest BCUT2D eigenvalue weighted by Gasteiger charge is 2.15. The average Bonchev–Trinajstić information content (AvgIpc) is 2.51. The molecule has 0 radical (unpaired) electrons. The van der Waals surface area contributed by atoms with Gasteiger partial charge in [-0.05, 0) is 20.9 Å². The van der Waals surface area contributed by atoms with Gasteiger partial charge in [-0.2, -0.15) is 0 Å². The molecule has 0 aliphatic carbocycles. The minimum absolute atomic E-state index is 0.129. The molecule has 0 N–H and O–H groups in total. The molecule has 0 bridgehead atoms. The Bertz CT molecular complexity index is 311. The number of hydrogen-bond donors (Lipinski definition) is 0. The fourth-order valence-corrected chi connectivity index (χ4v) is 1.03. The lowest BCUT2D eigenvalue weighted by Gasteiger charge is -2.18. The van der Waals surface area contributed by atoms with E-state index in [1.807, 2.05) is 25.8 Å². The molecule has 3 heteroatoms. The van der Waals surface area contributed by atoms with Gasteiger partial charge in [-0.25, -0.2) is 4.98 Å². The van der Waals surface area contributed by atoms with Crippen LogP contribution in [0, 0.1) is 19.3 Å². The van der Waals surface area contributed by atoms with E-state index in [4.69, 9.17) is 10.8 Å². The van der Waals surface area contributed by atoms with Crippen molar-refractivity contribution in [1.29, 1.82) is 0 Å². The van der Waals surface area contributed by atoms with E-state index in [0.717, 1.165) is 11.7 Å². The molecular weight excluding hydrogens is 164 g/mol. The first-order valence-corrected chi connectivity index (χ1v) is 4.21.